The van der Waals surface area contributed by atoms with Crippen LogP contribution in [-0.4, -0.2) is 21.8 Å². The lowest BCUT2D eigenvalue weighted by Gasteiger charge is -2.15. The summed E-state index contributed by atoms with van der Waals surface area (Å²) < 4.78 is 29.3. The Bertz CT molecular complexity index is 679. The van der Waals surface area contributed by atoms with E-state index in [1.807, 2.05) is 7.05 Å². The van der Waals surface area contributed by atoms with Gasteiger partial charge in [-0.25, -0.2) is 18.4 Å². The van der Waals surface area contributed by atoms with Crippen LogP contribution in [0, 0.1) is 18.6 Å². The summed E-state index contributed by atoms with van der Waals surface area (Å²) in [6.45, 7) is 1.73. The highest BCUT2D eigenvalue weighted by molar-refractivity contribution is 9.10. The quantitative estimate of drug-likeness (QED) is 0.872. The highest BCUT2D eigenvalue weighted by Gasteiger charge is 2.47. The maximum Gasteiger partial charge on any atom is 0.163 e. The Labute approximate surface area is 123 Å². The molecule has 0 radical (unpaired) electrons. The van der Waals surface area contributed by atoms with Crippen LogP contribution in [0.15, 0.2) is 16.6 Å². The SMILES string of the molecule is CNC1(c2nc(C)nn2-c2cc(F)cc(Br)c2F)CC1. The zero-order chi connectivity index (χ0) is 14.5. The van der Waals surface area contributed by atoms with Gasteiger partial charge in [0.05, 0.1) is 10.0 Å². The summed E-state index contributed by atoms with van der Waals surface area (Å²) in [5, 5.41) is 7.41. The second-order valence-corrected chi connectivity index (χ2v) is 5.80. The standard InChI is InChI=1S/C13H13BrF2N4/c1-7-18-12(13(17-2)3-4-13)20(19-7)10-6-8(15)5-9(14)11(10)16/h5-6,17H,3-4H2,1-2H3. The molecule has 0 unspecified atom stereocenters. The molecule has 1 saturated carbocycles. The second kappa shape index (κ2) is 4.60. The third-order valence-corrected chi connectivity index (χ3v) is 4.15. The Morgan fingerprint density at radius 2 is 2.05 bits per heavy atom. The average Bonchev–Trinajstić information content (AvgIpc) is 3.11. The van der Waals surface area contributed by atoms with Gasteiger partial charge in [0.15, 0.2) is 11.6 Å². The van der Waals surface area contributed by atoms with Gasteiger partial charge in [-0.3, -0.25) is 0 Å². The lowest BCUT2D eigenvalue weighted by atomic mass is 10.2. The second-order valence-electron chi connectivity index (χ2n) is 4.95. The highest BCUT2D eigenvalue weighted by atomic mass is 79.9. The van der Waals surface area contributed by atoms with Gasteiger partial charge in [0.25, 0.3) is 0 Å². The van der Waals surface area contributed by atoms with Crippen molar-refractivity contribution in [3.05, 3.63) is 39.9 Å². The Morgan fingerprint density at radius 3 is 2.65 bits per heavy atom. The van der Waals surface area contributed by atoms with Crippen molar-refractivity contribution in [2.45, 2.75) is 25.3 Å². The molecule has 0 aliphatic heterocycles. The Hall–Kier alpha value is -1.34. The molecule has 0 saturated heterocycles. The smallest absolute Gasteiger partial charge is 0.163 e. The molecule has 3 rings (SSSR count). The van der Waals surface area contributed by atoms with E-state index < -0.39 is 11.6 Å². The zero-order valence-electron chi connectivity index (χ0n) is 11.0. The molecule has 7 heteroatoms. The van der Waals surface area contributed by atoms with Crippen molar-refractivity contribution in [3.63, 3.8) is 0 Å². The number of benzene rings is 1. The van der Waals surface area contributed by atoms with Crippen LogP contribution in [0.4, 0.5) is 8.78 Å². The predicted molar refractivity (Wildman–Crippen MR) is 73.7 cm³/mol. The van der Waals surface area contributed by atoms with Crippen LogP contribution in [0.1, 0.15) is 24.5 Å². The average molecular weight is 343 g/mol. The number of aromatic nitrogens is 3. The zero-order valence-corrected chi connectivity index (χ0v) is 12.6. The minimum atomic E-state index is -0.551. The highest BCUT2D eigenvalue weighted by Crippen LogP contribution is 2.45. The third kappa shape index (κ3) is 2.05. The molecule has 1 aromatic carbocycles. The fraction of sp³-hybridized carbons (Fsp3) is 0.385. The van der Waals surface area contributed by atoms with E-state index in [0.29, 0.717) is 11.6 Å². The van der Waals surface area contributed by atoms with Gasteiger partial charge in [0.2, 0.25) is 0 Å². The molecule has 0 bridgehead atoms. The minimum Gasteiger partial charge on any atom is -0.308 e. The van der Waals surface area contributed by atoms with Gasteiger partial charge in [-0.05, 0) is 48.8 Å². The number of nitrogens with one attached hydrogen (secondary N) is 1. The number of halogens is 3. The number of nitrogens with zero attached hydrogens (tertiary/aromatic N) is 3. The van der Waals surface area contributed by atoms with Crippen molar-refractivity contribution in [2.24, 2.45) is 0 Å². The fourth-order valence-corrected chi connectivity index (χ4v) is 2.72. The normalized spacial score (nSPS) is 16.4. The molecule has 1 N–H and O–H groups in total. The van der Waals surface area contributed by atoms with Crippen LogP contribution in [-0.2, 0) is 5.54 Å². The van der Waals surface area contributed by atoms with Gasteiger partial charge in [0, 0.05) is 6.07 Å². The molecule has 4 nitrogen and oxygen atoms in total. The lowest BCUT2D eigenvalue weighted by Crippen LogP contribution is -2.28. The summed E-state index contributed by atoms with van der Waals surface area (Å²) in [5.74, 6) is 0.0707. The topological polar surface area (TPSA) is 42.7 Å². The lowest BCUT2D eigenvalue weighted by molar-refractivity contribution is 0.517. The number of hydrogen-bond donors (Lipinski definition) is 1. The van der Waals surface area contributed by atoms with Crippen LogP contribution in [0.3, 0.4) is 0 Å². The van der Waals surface area contributed by atoms with E-state index in [1.165, 1.54) is 4.68 Å². The van der Waals surface area contributed by atoms with E-state index in [4.69, 9.17) is 0 Å². The molecule has 1 aliphatic rings. The predicted octanol–water partition coefficient (Wildman–Crippen LogP) is 2.82. The number of hydrogen-bond acceptors (Lipinski definition) is 3. The summed E-state index contributed by atoms with van der Waals surface area (Å²) in [5.41, 5.74) is -0.221. The third-order valence-electron chi connectivity index (χ3n) is 3.57. The molecular formula is C13H13BrF2N4. The number of rotatable bonds is 3. The summed E-state index contributed by atoms with van der Waals surface area (Å²) in [6, 6.07) is 2.22. The molecule has 1 aliphatic carbocycles. The molecule has 2 aromatic rings. The number of aryl methyl sites for hydroxylation is 1. The Balaban J connectivity index is 2.21. The first-order valence-electron chi connectivity index (χ1n) is 6.25. The van der Waals surface area contributed by atoms with Crippen LogP contribution >= 0.6 is 15.9 Å². The first kappa shape index (κ1) is 13.6. The summed E-state index contributed by atoms with van der Waals surface area (Å²) in [6.07, 6.45) is 1.81. The molecular weight excluding hydrogens is 330 g/mol. The van der Waals surface area contributed by atoms with Crippen molar-refractivity contribution in [3.8, 4) is 5.69 Å². The van der Waals surface area contributed by atoms with Crippen LogP contribution in [0.5, 0.6) is 0 Å². The molecule has 1 aromatic heterocycles. The van der Waals surface area contributed by atoms with Crippen molar-refractivity contribution >= 4 is 15.9 Å². The van der Waals surface area contributed by atoms with Crippen LogP contribution < -0.4 is 5.32 Å². The van der Waals surface area contributed by atoms with E-state index in [0.717, 1.165) is 25.0 Å². The van der Waals surface area contributed by atoms with Crippen molar-refractivity contribution in [2.75, 3.05) is 7.05 Å². The van der Waals surface area contributed by atoms with Gasteiger partial charge in [-0.1, -0.05) is 0 Å². The Morgan fingerprint density at radius 1 is 1.35 bits per heavy atom. The molecule has 106 valence electrons. The maximum absolute atomic E-state index is 14.2. The molecule has 1 heterocycles. The van der Waals surface area contributed by atoms with E-state index in [-0.39, 0.29) is 15.7 Å². The molecule has 0 spiro atoms. The molecule has 0 amide bonds. The Kier molecular flexibility index (Phi) is 3.13. The monoisotopic (exact) mass is 342 g/mol. The fourth-order valence-electron chi connectivity index (χ4n) is 2.30. The van der Waals surface area contributed by atoms with E-state index in [9.17, 15) is 8.78 Å². The van der Waals surface area contributed by atoms with Crippen molar-refractivity contribution in [1.82, 2.24) is 20.1 Å². The summed E-state index contributed by atoms with van der Waals surface area (Å²) >= 11 is 3.02. The summed E-state index contributed by atoms with van der Waals surface area (Å²) in [4.78, 5) is 4.38. The largest absolute Gasteiger partial charge is 0.308 e. The van der Waals surface area contributed by atoms with E-state index in [1.54, 1.807) is 6.92 Å². The maximum atomic E-state index is 14.2. The first-order chi connectivity index (χ1) is 9.47. The minimum absolute atomic E-state index is 0.0639. The van der Waals surface area contributed by atoms with Gasteiger partial charge in [-0.15, -0.1) is 0 Å². The van der Waals surface area contributed by atoms with Crippen molar-refractivity contribution in [1.29, 1.82) is 0 Å². The van der Waals surface area contributed by atoms with Crippen molar-refractivity contribution < 1.29 is 8.78 Å². The summed E-state index contributed by atoms with van der Waals surface area (Å²) in [7, 11) is 1.83. The first-order valence-corrected chi connectivity index (χ1v) is 7.04. The molecule has 20 heavy (non-hydrogen) atoms. The molecule has 0 atom stereocenters. The van der Waals surface area contributed by atoms with Crippen LogP contribution in [0.2, 0.25) is 0 Å². The molecule has 1 fully saturated rings. The van der Waals surface area contributed by atoms with Crippen LogP contribution in [0.25, 0.3) is 5.69 Å². The van der Waals surface area contributed by atoms with Gasteiger partial charge in [-0.2, -0.15) is 5.10 Å². The van der Waals surface area contributed by atoms with Gasteiger partial charge >= 0.3 is 0 Å². The van der Waals surface area contributed by atoms with Gasteiger partial charge in [0.1, 0.15) is 17.3 Å². The van der Waals surface area contributed by atoms with E-state index in [2.05, 4.69) is 31.3 Å². The van der Waals surface area contributed by atoms with E-state index >= 15 is 0 Å². The van der Waals surface area contributed by atoms with Gasteiger partial charge < -0.3 is 5.32 Å².